The number of rotatable bonds is 5. The molecule has 0 spiro atoms. The van der Waals surface area contributed by atoms with Crippen molar-refractivity contribution in [1.82, 2.24) is 9.55 Å². The molecule has 0 bridgehead atoms. The minimum absolute atomic E-state index is 0. The summed E-state index contributed by atoms with van der Waals surface area (Å²) in [4.78, 5) is 3.97. The molecule has 1 aromatic heterocycles. The van der Waals surface area contributed by atoms with Crippen LogP contribution < -0.4 is 0 Å². The highest BCUT2D eigenvalue weighted by molar-refractivity contribution is 6.35. The van der Waals surface area contributed by atoms with Crippen LogP contribution in [0.15, 0.2) is 49.6 Å². The monoisotopic (exact) mass is 332 g/mol. The zero-order valence-electron chi connectivity index (χ0n) is 10.7. The molecular weight excluding hydrogens is 319 g/mol. The van der Waals surface area contributed by atoms with Gasteiger partial charge in [-0.1, -0.05) is 35.3 Å². The fourth-order valence-corrected chi connectivity index (χ4v) is 2.63. The molecule has 0 radical (unpaired) electrons. The molecule has 1 unspecified atom stereocenters. The van der Waals surface area contributed by atoms with E-state index in [0.29, 0.717) is 28.6 Å². The van der Waals surface area contributed by atoms with E-state index in [1.807, 2.05) is 0 Å². The first kappa shape index (κ1) is 17.1. The van der Waals surface area contributed by atoms with Crippen LogP contribution in [-0.4, -0.2) is 14.7 Å². The Balaban J connectivity index is 0.00000200. The third-order valence-electron chi connectivity index (χ3n) is 2.92. The quantitative estimate of drug-likeness (QED) is 0.837. The summed E-state index contributed by atoms with van der Waals surface area (Å²) < 4.78 is 1.80. The van der Waals surface area contributed by atoms with Crippen LogP contribution in [0, 0.1) is 0 Å². The van der Waals surface area contributed by atoms with Crippen LogP contribution in [-0.2, 0) is 12.1 Å². The fraction of sp³-hybridized carbons (Fsp3) is 0.214. The number of hydrogen-bond acceptors (Lipinski definition) is 2. The van der Waals surface area contributed by atoms with E-state index < -0.39 is 5.60 Å². The van der Waals surface area contributed by atoms with Crippen LogP contribution >= 0.6 is 35.6 Å². The van der Waals surface area contributed by atoms with Gasteiger partial charge < -0.3 is 9.67 Å². The number of halogens is 3. The van der Waals surface area contributed by atoms with Gasteiger partial charge in [0.05, 0.1) is 12.9 Å². The van der Waals surface area contributed by atoms with Crippen molar-refractivity contribution >= 4 is 35.6 Å². The maximum absolute atomic E-state index is 10.9. The zero-order valence-corrected chi connectivity index (χ0v) is 13.0. The average Bonchev–Trinajstić information content (AvgIpc) is 2.81. The van der Waals surface area contributed by atoms with Gasteiger partial charge in [-0.05, 0) is 18.6 Å². The molecule has 0 amide bonds. The van der Waals surface area contributed by atoms with E-state index in [1.54, 1.807) is 47.6 Å². The highest BCUT2D eigenvalue weighted by atomic mass is 35.5. The largest absolute Gasteiger partial charge is 0.383 e. The lowest BCUT2D eigenvalue weighted by Crippen LogP contribution is -2.31. The van der Waals surface area contributed by atoms with Gasteiger partial charge in [-0.25, -0.2) is 4.98 Å². The minimum Gasteiger partial charge on any atom is -0.383 e. The molecule has 6 heteroatoms. The van der Waals surface area contributed by atoms with E-state index in [4.69, 9.17) is 23.2 Å². The van der Waals surface area contributed by atoms with Gasteiger partial charge in [0.15, 0.2) is 0 Å². The van der Waals surface area contributed by atoms with Crippen molar-refractivity contribution in [3.8, 4) is 0 Å². The lowest BCUT2D eigenvalue weighted by molar-refractivity contribution is 0.0214. The van der Waals surface area contributed by atoms with Crippen LogP contribution in [0.1, 0.15) is 12.0 Å². The predicted octanol–water partition coefficient (Wildman–Crippen LogP) is 4.08. The van der Waals surface area contributed by atoms with Crippen LogP contribution in [0.3, 0.4) is 0 Å². The smallest absolute Gasteiger partial charge is 0.112 e. The molecule has 0 aliphatic rings. The van der Waals surface area contributed by atoms with Crippen LogP contribution in [0.4, 0.5) is 0 Å². The molecule has 2 aromatic rings. The molecule has 1 atom stereocenters. The number of aliphatic hydroxyl groups is 1. The molecule has 0 saturated carbocycles. The number of benzene rings is 1. The van der Waals surface area contributed by atoms with Crippen LogP contribution in [0.5, 0.6) is 0 Å². The van der Waals surface area contributed by atoms with Crippen molar-refractivity contribution in [2.45, 2.75) is 18.6 Å². The highest BCUT2D eigenvalue weighted by Gasteiger charge is 2.30. The summed E-state index contributed by atoms with van der Waals surface area (Å²) >= 11 is 12.1. The van der Waals surface area contributed by atoms with Crippen molar-refractivity contribution in [2.24, 2.45) is 0 Å². The van der Waals surface area contributed by atoms with Gasteiger partial charge in [0.1, 0.15) is 5.60 Å². The third-order valence-corrected chi connectivity index (χ3v) is 3.47. The van der Waals surface area contributed by atoms with Gasteiger partial charge in [0.25, 0.3) is 0 Å². The summed E-state index contributed by atoms with van der Waals surface area (Å²) in [6.07, 6.45) is 7.15. The molecule has 20 heavy (non-hydrogen) atoms. The van der Waals surface area contributed by atoms with Gasteiger partial charge >= 0.3 is 0 Å². The normalized spacial score (nSPS) is 13.3. The Hall–Kier alpha value is -1.000. The number of aromatic nitrogens is 2. The summed E-state index contributed by atoms with van der Waals surface area (Å²) in [6.45, 7) is 4.04. The summed E-state index contributed by atoms with van der Waals surface area (Å²) in [6, 6.07) is 5.08. The van der Waals surface area contributed by atoms with E-state index in [9.17, 15) is 5.11 Å². The Morgan fingerprint density at radius 3 is 2.70 bits per heavy atom. The van der Waals surface area contributed by atoms with Gasteiger partial charge in [-0.3, -0.25) is 0 Å². The second-order valence-electron chi connectivity index (χ2n) is 4.38. The second-order valence-corrected chi connectivity index (χ2v) is 5.23. The molecule has 1 heterocycles. The summed E-state index contributed by atoms with van der Waals surface area (Å²) in [7, 11) is 0. The zero-order chi connectivity index (χ0) is 13.9. The van der Waals surface area contributed by atoms with E-state index in [1.165, 1.54) is 0 Å². The lowest BCUT2D eigenvalue weighted by atomic mass is 9.90. The van der Waals surface area contributed by atoms with Gasteiger partial charge in [-0.15, -0.1) is 19.0 Å². The second kappa shape index (κ2) is 7.14. The highest BCUT2D eigenvalue weighted by Crippen LogP contribution is 2.34. The Labute approximate surface area is 134 Å². The molecule has 0 aliphatic heterocycles. The molecule has 0 fully saturated rings. The minimum atomic E-state index is -1.13. The van der Waals surface area contributed by atoms with Crippen LogP contribution in [0.2, 0.25) is 10.0 Å². The lowest BCUT2D eigenvalue weighted by Gasteiger charge is -2.29. The van der Waals surface area contributed by atoms with Gasteiger partial charge in [0.2, 0.25) is 0 Å². The Morgan fingerprint density at radius 1 is 1.40 bits per heavy atom. The number of imidazole rings is 1. The Bertz CT molecular complexity index is 572. The Kier molecular flexibility index (Phi) is 6.08. The number of nitrogens with zero attached hydrogens (tertiary/aromatic N) is 2. The topological polar surface area (TPSA) is 38.0 Å². The van der Waals surface area contributed by atoms with Crippen LogP contribution in [0.25, 0.3) is 0 Å². The fourth-order valence-electron chi connectivity index (χ4n) is 2.05. The molecule has 1 N–H and O–H groups in total. The molecule has 2 rings (SSSR count). The summed E-state index contributed by atoms with van der Waals surface area (Å²) in [5.41, 5.74) is -0.503. The third kappa shape index (κ3) is 3.76. The van der Waals surface area contributed by atoms with Crippen molar-refractivity contribution in [2.75, 3.05) is 0 Å². The molecule has 108 valence electrons. The van der Waals surface area contributed by atoms with Crippen molar-refractivity contribution in [3.05, 3.63) is 65.2 Å². The molecule has 1 aromatic carbocycles. The average molecular weight is 334 g/mol. The SMILES string of the molecule is C=CCC(O)(Cn1ccnc1)c1ccc(Cl)cc1Cl.Cl. The molecular formula is C14H15Cl3N2O. The van der Waals surface area contributed by atoms with Gasteiger partial charge in [-0.2, -0.15) is 0 Å². The van der Waals surface area contributed by atoms with E-state index in [-0.39, 0.29) is 12.4 Å². The maximum atomic E-state index is 10.9. The molecule has 0 saturated heterocycles. The van der Waals surface area contributed by atoms with E-state index in [2.05, 4.69) is 11.6 Å². The summed E-state index contributed by atoms with van der Waals surface area (Å²) in [5.74, 6) is 0. The van der Waals surface area contributed by atoms with E-state index >= 15 is 0 Å². The Morgan fingerprint density at radius 2 is 2.15 bits per heavy atom. The first-order valence-electron chi connectivity index (χ1n) is 5.80. The first-order chi connectivity index (χ1) is 9.05. The van der Waals surface area contributed by atoms with Crippen molar-refractivity contribution in [3.63, 3.8) is 0 Å². The standard InChI is InChI=1S/C14H14Cl2N2O.ClH/c1-2-5-14(19,9-18-7-6-17-10-18)12-4-3-11(15)8-13(12)16;/h2-4,6-8,10,19H,1,5,9H2;1H. The predicted molar refractivity (Wildman–Crippen MR) is 84.6 cm³/mol. The molecule has 0 aliphatic carbocycles. The first-order valence-corrected chi connectivity index (χ1v) is 6.55. The van der Waals surface area contributed by atoms with E-state index in [0.717, 1.165) is 0 Å². The van der Waals surface area contributed by atoms with Crippen molar-refractivity contribution < 1.29 is 5.11 Å². The number of hydrogen-bond donors (Lipinski definition) is 1. The summed E-state index contributed by atoms with van der Waals surface area (Å²) in [5, 5.41) is 11.9. The molecule has 3 nitrogen and oxygen atoms in total. The maximum Gasteiger partial charge on any atom is 0.112 e. The van der Waals surface area contributed by atoms with Crippen molar-refractivity contribution in [1.29, 1.82) is 0 Å². The van der Waals surface area contributed by atoms with Gasteiger partial charge in [0, 0.05) is 28.0 Å².